The molecule has 1 aromatic carbocycles. The molecule has 2 N–H and O–H groups in total. The van der Waals surface area contributed by atoms with Crippen molar-refractivity contribution >= 4 is 17.8 Å². The van der Waals surface area contributed by atoms with Gasteiger partial charge in [0.05, 0.1) is 12.0 Å². The Morgan fingerprint density at radius 3 is 2.15 bits per heavy atom. The summed E-state index contributed by atoms with van der Waals surface area (Å²) >= 11 is 0. The van der Waals surface area contributed by atoms with Crippen LogP contribution in [0.2, 0.25) is 0 Å². The van der Waals surface area contributed by atoms with Gasteiger partial charge in [0.1, 0.15) is 11.4 Å². The van der Waals surface area contributed by atoms with Crippen molar-refractivity contribution in [1.82, 2.24) is 5.32 Å². The summed E-state index contributed by atoms with van der Waals surface area (Å²) in [6, 6.07) is 4.63. The Morgan fingerprint density at radius 2 is 1.70 bits per heavy atom. The number of carbonyl (C=O) groups excluding carboxylic acids is 2. The first-order valence-corrected chi connectivity index (χ1v) is 8.88. The van der Waals surface area contributed by atoms with E-state index in [9.17, 15) is 23.9 Å². The summed E-state index contributed by atoms with van der Waals surface area (Å²) in [4.78, 5) is 36.2. The molecule has 0 unspecified atom stereocenters. The van der Waals surface area contributed by atoms with Crippen LogP contribution in [-0.2, 0) is 20.7 Å². The van der Waals surface area contributed by atoms with Crippen LogP contribution in [0.5, 0.6) is 0 Å². The van der Waals surface area contributed by atoms with E-state index >= 15 is 0 Å². The highest BCUT2D eigenvalue weighted by atomic mass is 19.1. The molecule has 7 heteroatoms. The molecule has 0 saturated carbocycles. The first-order valence-electron chi connectivity index (χ1n) is 8.88. The zero-order valence-electron chi connectivity index (χ0n) is 16.4. The van der Waals surface area contributed by atoms with Crippen LogP contribution in [0.15, 0.2) is 24.3 Å². The van der Waals surface area contributed by atoms with Gasteiger partial charge in [0.25, 0.3) is 0 Å². The number of carbonyl (C=O) groups is 3. The maximum Gasteiger partial charge on any atom is 0.408 e. The van der Waals surface area contributed by atoms with Crippen LogP contribution in [-0.4, -0.2) is 34.6 Å². The SMILES string of the molecule is CC(C)[C@H](NC(=O)OC(C)(C)C)C(=O)C[C@H](Cc1ccc(F)cc1)C(=O)O. The average Bonchev–Trinajstić information content (AvgIpc) is 2.51. The Morgan fingerprint density at radius 1 is 1.15 bits per heavy atom. The fourth-order valence-corrected chi connectivity index (χ4v) is 2.58. The number of alkyl carbamates (subject to hydrolysis) is 1. The lowest BCUT2D eigenvalue weighted by Gasteiger charge is -2.25. The molecule has 0 aliphatic rings. The smallest absolute Gasteiger partial charge is 0.408 e. The lowest BCUT2D eigenvalue weighted by molar-refractivity contribution is -0.144. The van der Waals surface area contributed by atoms with Crippen LogP contribution in [0.1, 0.15) is 46.6 Å². The summed E-state index contributed by atoms with van der Waals surface area (Å²) in [5.41, 5.74) is -0.0845. The number of halogens is 1. The largest absolute Gasteiger partial charge is 0.481 e. The van der Waals surface area contributed by atoms with Gasteiger partial charge in [0.2, 0.25) is 0 Å². The summed E-state index contributed by atoms with van der Waals surface area (Å²) in [7, 11) is 0. The molecule has 0 aliphatic carbocycles. The summed E-state index contributed by atoms with van der Waals surface area (Å²) in [5, 5.41) is 12.0. The molecule has 1 amide bonds. The summed E-state index contributed by atoms with van der Waals surface area (Å²) in [6.07, 6.45) is -0.871. The Labute approximate surface area is 159 Å². The lowest BCUT2D eigenvalue weighted by atomic mass is 9.89. The number of rotatable bonds is 8. The van der Waals surface area contributed by atoms with E-state index in [4.69, 9.17) is 4.74 Å². The highest BCUT2D eigenvalue weighted by Gasteiger charge is 2.30. The first-order chi connectivity index (χ1) is 12.4. The number of carboxylic acids is 1. The minimum Gasteiger partial charge on any atom is -0.481 e. The average molecular weight is 381 g/mol. The summed E-state index contributed by atoms with van der Waals surface area (Å²) in [6.45, 7) is 8.65. The normalized spacial score (nSPS) is 13.7. The van der Waals surface area contributed by atoms with Crippen molar-refractivity contribution < 1.29 is 28.6 Å². The third kappa shape index (κ3) is 8.19. The van der Waals surface area contributed by atoms with Gasteiger partial charge in [-0.05, 0) is 50.8 Å². The molecule has 0 spiro atoms. The van der Waals surface area contributed by atoms with Crippen molar-refractivity contribution in [1.29, 1.82) is 0 Å². The number of nitrogens with one attached hydrogen (secondary N) is 1. The topological polar surface area (TPSA) is 92.7 Å². The number of ether oxygens (including phenoxy) is 1. The number of aliphatic carboxylic acids is 1. The van der Waals surface area contributed by atoms with Crippen molar-refractivity contribution in [2.45, 2.75) is 59.1 Å². The molecule has 0 bridgehead atoms. The van der Waals surface area contributed by atoms with Crippen molar-refractivity contribution in [3.63, 3.8) is 0 Å². The number of ketones is 1. The minimum absolute atomic E-state index is 0.0958. The predicted octanol–water partition coefficient (Wildman–Crippen LogP) is 3.58. The van der Waals surface area contributed by atoms with Crippen LogP contribution >= 0.6 is 0 Å². The van der Waals surface area contributed by atoms with Crippen molar-refractivity contribution in [2.24, 2.45) is 11.8 Å². The van der Waals surface area contributed by atoms with Gasteiger partial charge in [0.15, 0.2) is 5.78 Å². The van der Waals surface area contributed by atoms with Gasteiger partial charge in [-0.25, -0.2) is 9.18 Å². The second kappa shape index (κ2) is 9.48. The van der Waals surface area contributed by atoms with Gasteiger partial charge < -0.3 is 15.2 Å². The molecule has 0 aromatic heterocycles. The molecule has 0 heterocycles. The number of hydrogen-bond donors (Lipinski definition) is 2. The number of amides is 1. The fraction of sp³-hybridized carbons (Fsp3) is 0.550. The van der Waals surface area contributed by atoms with Gasteiger partial charge in [-0.15, -0.1) is 0 Å². The van der Waals surface area contributed by atoms with E-state index in [1.54, 1.807) is 34.6 Å². The van der Waals surface area contributed by atoms with E-state index in [1.807, 2.05) is 0 Å². The van der Waals surface area contributed by atoms with Gasteiger partial charge in [-0.3, -0.25) is 9.59 Å². The van der Waals surface area contributed by atoms with Crippen LogP contribution < -0.4 is 5.32 Å². The van der Waals surface area contributed by atoms with Crippen LogP contribution in [0.4, 0.5) is 9.18 Å². The molecule has 150 valence electrons. The monoisotopic (exact) mass is 381 g/mol. The van der Waals surface area contributed by atoms with E-state index in [0.717, 1.165) is 0 Å². The minimum atomic E-state index is -1.12. The Balaban J connectivity index is 2.82. The quantitative estimate of drug-likeness (QED) is 0.718. The van der Waals surface area contributed by atoms with Gasteiger partial charge in [0, 0.05) is 6.42 Å². The first kappa shape index (κ1) is 22.6. The number of hydrogen-bond acceptors (Lipinski definition) is 4. The van der Waals surface area contributed by atoms with Crippen LogP contribution in [0, 0.1) is 17.7 Å². The molecule has 2 atom stereocenters. The molecule has 0 fully saturated rings. The van der Waals surface area contributed by atoms with Crippen molar-refractivity contribution in [3.8, 4) is 0 Å². The molecular weight excluding hydrogens is 353 g/mol. The molecule has 6 nitrogen and oxygen atoms in total. The Bertz CT molecular complexity index is 664. The standard InChI is InChI=1S/C20H28FNO5/c1-12(2)17(22-19(26)27-20(3,4)5)16(23)11-14(18(24)25)10-13-6-8-15(21)9-7-13/h6-9,12,14,17H,10-11H2,1-5H3,(H,22,26)(H,24,25)/t14-,17-/m0/s1. The van der Waals surface area contributed by atoms with Crippen molar-refractivity contribution in [3.05, 3.63) is 35.6 Å². The molecule has 0 radical (unpaired) electrons. The number of benzene rings is 1. The second-order valence-corrected chi connectivity index (χ2v) is 7.90. The maximum atomic E-state index is 13.0. The van der Waals surface area contributed by atoms with Crippen LogP contribution in [0.25, 0.3) is 0 Å². The number of carboxylic acid groups (broad SMARTS) is 1. The van der Waals surface area contributed by atoms with Gasteiger partial charge in [-0.1, -0.05) is 26.0 Å². The Kier molecular flexibility index (Phi) is 7.94. The highest BCUT2D eigenvalue weighted by molar-refractivity contribution is 5.90. The molecule has 0 saturated heterocycles. The third-order valence-corrected chi connectivity index (χ3v) is 3.88. The predicted molar refractivity (Wildman–Crippen MR) is 98.8 cm³/mol. The van der Waals surface area contributed by atoms with E-state index in [-0.39, 0.29) is 24.5 Å². The zero-order chi connectivity index (χ0) is 20.8. The second-order valence-electron chi connectivity index (χ2n) is 7.90. The summed E-state index contributed by atoms with van der Waals surface area (Å²) < 4.78 is 18.2. The Hall–Kier alpha value is -2.44. The van der Waals surface area contributed by atoms with E-state index < -0.39 is 35.4 Å². The van der Waals surface area contributed by atoms with Gasteiger partial charge >= 0.3 is 12.1 Å². The zero-order valence-corrected chi connectivity index (χ0v) is 16.4. The summed E-state index contributed by atoms with van der Waals surface area (Å²) in [5.74, 6) is -3.11. The third-order valence-electron chi connectivity index (χ3n) is 3.88. The number of Topliss-reactive ketones (excluding diaryl/α,β-unsaturated/α-hetero) is 1. The molecular formula is C20H28FNO5. The van der Waals surface area contributed by atoms with E-state index in [2.05, 4.69) is 5.32 Å². The molecule has 27 heavy (non-hydrogen) atoms. The van der Waals surface area contributed by atoms with Crippen molar-refractivity contribution in [2.75, 3.05) is 0 Å². The molecule has 1 rings (SSSR count). The molecule has 0 aliphatic heterocycles. The fourth-order valence-electron chi connectivity index (χ4n) is 2.58. The van der Waals surface area contributed by atoms with Gasteiger partial charge in [-0.2, -0.15) is 0 Å². The van der Waals surface area contributed by atoms with E-state index in [0.29, 0.717) is 5.56 Å². The maximum absolute atomic E-state index is 13.0. The van der Waals surface area contributed by atoms with Crippen LogP contribution in [0.3, 0.4) is 0 Å². The molecule has 1 aromatic rings. The highest BCUT2D eigenvalue weighted by Crippen LogP contribution is 2.17. The lowest BCUT2D eigenvalue weighted by Crippen LogP contribution is -2.47. The van der Waals surface area contributed by atoms with E-state index in [1.165, 1.54) is 24.3 Å².